The van der Waals surface area contributed by atoms with Gasteiger partial charge in [-0.25, -0.2) is 0 Å². The maximum Gasteiger partial charge on any atom is 0.236 e. The van der Waals surface area contributed by atoms with Crippen LogP contribution in [0.5, 0.6) is 0 Å². The second-order valence-corrected chi connectivity index (χ2v) is 4.24. The first-order chi connectivity index (χ1) is 7.24. The number of nitrogens with zero attached hydrogens (tertiary/aromatic N) is 1. The molecule has 1 amide bonds. The number of carbonyl (C=O) groups excluding carboxylic acids is 1. The van der Waals surface area contributed by atoms with Crippen LogP contribution in [0.3, 0.4) is 0 Å². The molecule has 1 aliphatic rings. The SMILES string of the molecule is COCCCN(C)C(=O)CNCC1CC1. The summed E-state index contributed by atoms with van der Waals surface area (Å²) in [4.78, 5) is 13.3. The molecular weight excluding hydrogens is 192 g/mol. The van der Waals surface area contributed by atoms with E-state index >= 15 is 0 Å². The standard InChI is InChI=1S/C11H22N2O2/c1-13(6-3-7-15-2)11(14)9-12-8-10-4-5-10/h10,12H,3-9H2,1-2H3. The van der Waals surface area contributed by atoms with E-state index in [0.717, 1.165) is 25.4 Å². The van der Waals surface area contributed by atoms with Crippen LogP contribution in [-0.2, 0) is 9.53 Å². The van der Waals surface area contributed by atoms with E-state index in [9.17, 15) is 4.79 Å². The fourth-order valence-corrected chi connectivity index (χ4v) is 1.41. The highest BCUT2D eigenvalue weighted by atomic mass is 16.5. The third kappa shape index (κ3) is 5.74. The lowest BCUT2D eigenvalue weighted by Crippen LogP contribution is -2.37. The molecule has 0 heterocycles. The van der Waals surface area contributed by atoms with Gasteiger partial charge in [0.2, 0.25) is 5.91 Å². The Morgan fingerprint density at radius 2 is 2.27 bits per heavy atom. The zero-order valence-electron chi connectivity index (χ0n) is 9.79. The Kier molecular flexibility index (Phi) is 5.65. The molecule has 1 N–H and O–H groups in total. The maximum atomic E-state index is 11.6. The van der Waals surface area contributed by atoms with Crippen molar-refractivity contribution in [1.29, 1.82) is 0 Å². The average Bonchev–Trinajstić information content (AvgIpc) is 3.02. The summed E-state index contributed by atoms with van der Waals surface area (Å²) < 4.78 is 4.94. The molecule has 15 heavy (non-hydrogen) atoms. The summed E-state index contributed by atoms with van der Waals surface area (Å²) in [7, 11) is 3.52. The van der Waals surface area contributed by atoms with Gasteiger partial charge in [-0.05, 0) is 31.7 Å². The number of hydrogen-bond acceptors (Lipinski definition) is 3. The molecule has 1 rings (SSSR count). The van der Waals surface area contributed by atoms with E-state index in [0.29, 0.717) is 13.2 Å². The van der Waals surface area contributed by atoms with Crippen molar-refractivity contribution in [3.05, 3.63) is 0 Å². The molecule has 4 nitrogen and oxygen atoms in total. The summed E-state index contributed by atoms with van der Waals surface area (Å²) in [6, 6.07) is 0. The van der Waals surface area contributed by atoms with E-state index in [1.807, 2.05) is 7.05 Å². The fraction of sp³-hybridized carbons (Fsp3) is 0.909. The van der Waals surface area contributed by atoms with Crippen LogP contribution in [0.4, 0.5) is 0 Å². The Morgan fingerprint density at radius 1 is 1.53 bits per heavy atom. The highest BCUT2D eigenvalue weighted by molar-refractivity contribution is 5.77. The normalized spacial score (nSPS) is 15.3. The van der Waals surface area contributed by atoms with Gasteiger partial charge >= 0.3 is 0 Å². The first-order valence-electron chi connectivity index (χ1n) is 5.67. The van der Waals surface area contributed by atoms with E-state index < -0.39 is 0 Å². The lowest BCUT2D eigenvalue weighted by atomic mass is 10.4. The molecule has 0 aromatic rings. The molecule has 1 fully saturated rings. The number of amides is 1. The van der Waals surface area contributed by atoms with Gasteiger partial charge in [-0.3, -0.25) is 4.79 Å². The van der Waals surface area contributed by atoms with E-state index in [4.69, 9.17) is 4.74 Å². The smallest absolute Gasteiger partial charge is 0.236 e. The van der Waals surface area contributed by atoms with Gasteiger partial charge in [0.1, 0.15) is 0 Å². The highest BCUT2D eigenvalue weighted by Crippen LogP contribution is 2.27. The van der Waals surface area contributed by atoms with Crippen LogP contribution in [0.1, 0.15) is 19.3 Å². The van der Waals surface area contributed by atoms with Gasteiger partial charge in [0, 0.05) is 27.3 Å². The second kappa shape index (κ2) is 6.80. The lowest BCUT2D eigenvalue weighted by Gasteiger charge is -2.17. The molecule has 4 heteroatoms. The number of likely N-dealkylation sites (N-methyl/N-ethyl adjacent to an activating group) is 1. The third-order valence-electron chi connectivity index (χ3n) is 2.67. The Morgan fingerprint density at radius 3 is 2.87 bits per heavy atom. The largest absolute Gasteiger partial charge is 0.385 e. The van der Waals surface area contributed by atoms with E-state index in [2.05, 4.69) is 5.32 Å². The number of hydrogen-bond donors (Lipinski definition) is 1. The van der Waals surface area contributed by atoms with E-state index in [1.165, 1.54) is 12.8 Å². The van der Waals surface area contributed by atoms with Crippen molar-refractivity contribution >= 4 is 5.91 Å². The zero-order valence-corrected chi connectivity index (χ0v) is 9.79. The molecule has 0 radical (unpaired) electrons. The molecule has 0 atom stereocenters. The average molecular weight is 214 g/mol. The predicted molar refractivity (Wildman–Crippen MR) is 59.7 cm³/mol. The van der Waals surface area contributed by atoms with E-state index in [1.54, 1.807) is 12.0 Å². The van der Waals surface area contributed by atoms with Crippen molar-refractivity contribution in [3.8, 4) is 0 Å². The number of ether oxygens (including phenoxy) is 1. The zero-order chi connectivity index (χ0) is 11.1. The van der Waals surface area contributed by atoms with Gasteiger partial charge in [-0.1, -0.05) is 0 Å². The van der Waals surface area contributed by atoms with Crippen molar-refractivity contribution in [2.24, 2.45) is 5.92 Å². The fourth-order valence-electron chi connectivity index (χ4n) is 1.41. The first-order valence-corrected chi connectivity index (χ1v) is 5.67. The summed E-state index contributed by atoms with van der Waals surface area (Å²) in [5, 5.41) is 3.20. The summed E-state index contributed by atoms with van der Waals surface area (Å²) >= 11 is 0. The Labute approximate surface area is 92.0 Å². The monoisotopic (exact) mass is 214 g/mol. The molecule has 0 aromatic carbocycles. The molecule has 0 bridgehead atoms. The van der Waals surface area contributed by atoms with Crippen molar-refractivity contribution in [2.45, 2.75) is 19.3 Å². The van der Waals surface area contributed by atoms with Crippen molar-refractivity contribution in [3.63, 3.8) is 0 Å². The minimum atomic E-state index is 0.173. The van der Waals surface area contributed by atoms with E-state index in [-0.39, 0.29) is 5.91 Å². The van der Waals surface area contributed by atoms with Gasteiger partial charge in [0.15, 0.2) is 0 Å². The van der Waals surface area contributed by atoms with Gasteiger partial charge in [0.25, 0.3) is 0 Å². The summed E-state index contributed by atoms with van der Waals surface area (Å²) in [5.74, 6) is 1.00. The number of carbonyl (C=O) groups is 1. The van der Waals surface area contributed by atoms with Gasteiger partial charge < -0.3 is 15.0 Å². The lowest BCUT2D eigenvalue weighted by molar-refractivity contribution is -0.129. The minimum Gasteiger partial charge on any atom is -0.385 e. The Bertz CT molecular complexity index is 193. The minimum absolute atomic E-state index is 0.173. The molecular formula is C11H22N2O2. The van der Waals surface area contributed by atoms with Crippen LogP contribution in [-0.4, -0.2) is 51.2 Å². The Hall–Kier alpha value is -0.610. The van der Waals surface area contributed by atoms with Crippen LogP contribution in [0.25, 0.3) is 0 Å². The maximum absolute atomic E-state index is 11.6. The molecule has 0 saturated heterocycles. The molecule has 0 unspecified atom stereocenters. The second-order valence-electron chi connectivity index (χ2n) is 4.24. The van der Waals surface area contributed by atoms with Gasteiger partial charge in [-0.15, -0.1) is 0 Å². The van der Waals surface area contributed by atoms with Crippen molar-refractivity contribution in [2.75, 3.05) is 40.4 Å². The number of methoxy groups -OCH3 is 1. The summed E-state index contributed by atoms with van der Waals surface area (Å²) in [5.41, 5.74) is 0. The molecule has 0 spiro atoms. The van der Waals surface area contributed by atoms with Crippen LogP contribution in [0.15, 0.2) is 0 Å². The quantitative estimate of drug-likeness (QED) is 0.598. The van der Waals surface area contributed by atoms with Crippen molar-refractivity contribution in [1.82, 2.24) is 10.2 Å². The predicted octanol–water partition coefficient (Wildman–Crippen LogP) is 0.481. The Balaban J connectivity index is 1.98. The topological polar surface area (TPSA) is 41.6 Å². The van der Waals surface area contributed by atoms with Crippen molar-refractivity contribution < 1.29 is 9.53 Å². The summed E-state index contributed by atoms with van der Waals surface area (Å²) in [6.45, 7) is 2.96. The first kappa shape index (κ1) is 12.5. The number of nitrogens with one attached hydrogen (secondary N) is 1. The highest BCUT2D eigenvalue weighted by Gasteiger charge is 2.20. The summed E-state index contributed by atoms with van der Waals surface area (Å²) in [6.07, 6.45) is 3.55. The van der Waals surface area contributed by atoms with Crippen LogP contribution < -0.4 is 5.32 Å². The molecule has 1 saturated carbocycles. The van der Waals surface area contributed by atoms with Gasteiger partial charge in [0.05, 0.1) is 6.54 Å². The molecule has 0 aromatic heterocycles. The van der Waals surface area contributed by atoms with Crippen LogP contribution in [0.2, 0.25) is 0 Å². The van der Waals surface area contributed by atoms with Gasteiger partial charge in [-0.2, -0.15) is 0 Å². The molecule has 1 aliphatic carbocycles. The molecule has 88 valence electrons. The molecule has 0 aliphatic heterocycles. The van der Waals surface area contributed by atoms with Crippen LogP contribution >= 0.6 is 0 Å². The number of rotatable bonds is 8. The third-order valence-corrected chi connectivity index (χ3v) is 2.67. The van der Waals surface area contributed by atoms with Crippen LogP contribution in [0, 0.1) is 5.92 Å².